The number of aryl methyl sites for hydroxylation is 1. The molecule has 44 nitrogen and oxygen atoms in total. The van der Waals surface area contributed by atoms with Crippen LogP contribution < -0.4 is 49.4 Å². The van der Waals surface area contributed by atoms with Crippen molar-refractivity contribution in [3.63, 3.8) is 0 Å². The lowest BCUT2D eigenvalue weighted by atomic mass is 10.1. The molecule has 0 fully saturated rings. The van der Waals surface area contributed by atoms with Crippen LogP contribution in [0.25, 0.3) is 0 Å². The first-order valence-electron chi connectivity index (χ1n) is 47.7. The minimum Gasteiger partial charge on any atom is -0.508 e. The topological polar surface area (TPSA) is 554 Å². The number of phenols is 3. The molecule has 0 aliphatic rings. The van der Waals surface area contributed by atoms with Gasteiger partial charge in [-0.25, -0.2) is 9.59 Å². The van der Waals surface area contributed by atoms with Crippen molar-refractivity contribution in [2.24, 2.45) is 11.5 Å². The number of aromatic hydroxyl groups is 3. The summed E-state index contributed by atoms with van der Waals surface area (Å²) >= 11 is 0. The summed E-state index contributed by atoms with van der Waals surface area (Å²) in [5, 5.41) is 69.0. The fourth-order valence-corrected chi connectivity index (χ4v) is 12.6. The molecule has 2 unspecified atom stereocenters. The summed E-state index contributed by atoms with van der Waals surface area (Å²) in [7, 11) is 0. The fraction of sp³-hybridized carbons (Fsp3) is 0.630. The summed E-state index contributed by atoms with van der Waals surface area (Å²) in [5.74, 6) is -7.42. The Balaban J connectivity index is 1.57. The average molecular weight is 2050 g/mol. The molecule has 5 aromatic carbocycles. The smallest absolute Gasteiger partial charge is 0.327 e. The van der Waals surface area contributed by atoms with E-state index in [1.54, 1.807) is 61.5 Å². The maximum atomic E-state index is 14.1. The number of nitrogens with two attached hydrogens (primary N) is 2. The number of ether oxygens (including phenoxy) is 25. The average Bonchev–Trinajstić information content (AvgIpc) is 0.820. The largest absolute Gasteiger partial charge is 0.508 e. The summed E-state index contributed by atoms with van der Waals surface area (Å²) in [6.07, 6.45) is 0. The van der Waals surface area contributed by atoms with Crippen molar-refractivity contribution in [1.82, 2.24) is 14.7 Å². The number of carboxylic acid groups (broad SMARTS) is 4. The Labute approximate surface area is 842 Å². The molecule has 0 aromatic heterocycles. The lowest BCUT2D eigenvalue weighted by Crippen LogP contribution is -2.45. The van der Waals surface area contributed by atoms with E-state index >= 15 is 0 Å². The molecule has 144 heavy (non-hydrogen) atoms. The van der Waals surface area contributed by atoms with Crippen molar-refractivity contribution in [2.45, 2.75) is 144 Å². The molecule has 0 aliphatic carbocycles. The maximum Gasteiger partial charge on any atom is 0.327 e. The van der Waals surface area contributed by atoms with E-state index in [2.05, 4.69) is 0 Å². The molecule has 0 bridgehead atoms. The summed E-state index contributed by atoms with van der Waals surface area (Å²) in [4.78, 5) is 91.4. The number of aliphatic carboxylic acids is 4. The molecule has 5 rings (SSSR count). The number of carboxylic acids is 4. The lowest BCUT2D eigenvalue weighted by molar-refractivity contribution is -0.148. The number of hydrogen-bond acceptors (Lipinski definition) is 40. The zero-order valence-electron chi connectivity index (χ0n) is 85.5. The van der Waals surface area contributed by atoms with Crippen LogP contribution in [0.4, 0.5) is 0 Å². The van der Waals surface area contributed by atoms with Gasteiger partial charge in [-0.3, -0.25) is 38.7 Å². The molecule has 2 atom stereocenters. The SMILES string of the molecule is Cc1ccc(C(N)C(=O)OCCOCCOc2c(OCCOCCOCCOC(C)(C)C)cc(COc3cc(COC(=O)CN(CCN(CCN(CC(=O)O)CC(=O)O)CC(=O)O)CC(=O)O)cc(OCc4cc(OCCOCCOCCOC(C)(C)C)c(OCCOCCOC(=O)C(N)c5ccc(O)c(O)c5)c(OCCOCCOCCOC(C)(C)C)c4)c3)cc2OCCOCCOCCOC(C)(C)C)cc1O. The van der Waals surface area contributed by atoms with Gasteiger partial charge in [-0.05, 0) is 178 Å². The molecule has 11 N–H and O–H groups in total. The zero-order valence-corrected chi connectivity index (χ0v) is 85.5. The monoisotopic (exact) mass is 2050 g/mol. The van der Waals surface area contributed by atoms with E-state index < -0.39 is 105 Å². The molecule has 5 aromatic rings. The molecule has 0 radical (unpaired) electrons. The summed E-state index contributed by atoms with van der Waals surface area (Å²) in [6.45, 7) is 24.3. The summed E-state index contributed by atoms with van der Waals surface area (Å²) in [6, 6.07) is 17.3. The quantitative estimate of drug-likeness (QED) is 0.00777. The second kappa shape index (κ2) is 68.7. The number of carbonyl (C=O) groups is 7. The molecule has 0 saturated carbocycles. The molecular formula is C100H153N5O39. The summed E-state index contributed by atoms with van der Waals surface area (Å²) < 4.78 is 150. The molecule has 0 amide bonds. The highest BCUT2D eigenvalue weighted by atomic mass is 16.6. The highest BCUT2D eigenvalue weighted by molar-refractivity contribution is 5.79. The zero-order chi connectivity index (χ0) is 106. The van der Waals surface area contributed by atoms with Crippen LogP contribution >= 0.6 is 0 Å². The van der Waals surface area contributed by atoms with Gasteiger partial charge in [0.05, 0.1) is 214 Å². The first-order chi connectivity index (χ1) is 68.5. The number of rotatable bonds is 82. The van der Waals surface area contributed by atoms with Crippen LogP contribution in [0.2, 0.25) is 0 Å². The van der Waals surface area contributed by atoms with E-state index in [-0.39, 0.29) is 283 Å². The van der Waals surface area contributed by atoms with E-state index in [0.717, 1.165) is 11.0 Å². The predicted octanol–water partition coefficient (Wildman–Crippen LogP) is 7.74. The predicted molar refractivity (Wildman–Crippen MR) is 520 cm³/mol. The van der Waals surface area contributed by atoms with Gasteiger partial charge in [0.2, 0.25) is 11.5 Å². The molecule has 0 heterocycles. The van der Waals surface area contributed by atoms with E-state index in [1.165, 1.54) is 28.0 Å². The van der Waals surface area contributed by atoms with Gasteiger partial charge in [0.25, 0.3) is 0 Å². The fourth-order valence-electron chi connectivity index (χ4n) is 12.6. The first kappa shape index (κ1) is 124. The first-order valence-corrected chi connectivity index (χ1v) is 47.7. The van der Waals surface area contributed by atoms with E-state index in [9.17, 15) is 69.3 Å². The van der Waals surface area contributed by atoms with Crippen LogP contribution in [0.1, 0.15) is 129 Å². The van der Waals surface area contributed by atoms with E-state index in [4.69, 9.17) is 130 Å². The van der Waals surface area contributed by atoms with Crippen molar-refractivity contribution in [1.29, 1.82) is 0 Å². The van der Waals surface area contributed by atoms with Crippen LogP contribution in [0, 0.1) is 6.92 Å². The molecule has 0 saturated heterocycles. The Kier molecular flexibility index (Phi) is 59.1. The van der Waals surface area contributed by atoms with Gasteiger partial charge >= 0.3 is 41.8 Å². The molecule has 0 aliphatic heterocycles. The third-order valence-electron chi connectivity index (χ3n) is 19.4. The van der Waals surface area contributed by atoms with E-state index in [0.29, 0.717) is 75.1 Å². The summed E-state index contributed by atoms with van der Waals surface area (Å²) in [5.41, 5.74) is 13.2. The Morgan fingerprint density at radius 1 is 0.285 bits per heavy atom. The van der Waals surface area contributed by atoms with Gasteiger partial charge in [-0.15, -0.1) is 0 Å². The lowest BCUT2D eigenvalue weighted by Gasteiger charge is -2.27. The van der Waals surface area contributed by atoms with Gasteiger partial charge in [0, 0.05) is 32.2 Å². The third-order valence-corrected chi connectivity index (χ3v) is 19.4. The van der Waals surface area contributed by atoms with Crippen LogP contribution in [0.5, 0.6) is 63.2 Å². The highest BCUT2D eigenvalue weighted by Gasteiger charge is 2.27. The van der Waals surface area contributed by atoms with Crippen LogP contribution in [0.3, 0.4) is 0 Å². The van der Waals surface area contributed by atoms with Crippen molar-refractivity contribution >= 4 is 41.8 Å². The van der Waals surface area contributed by atoms with Crippen LogP contribution in [-0.2, 0) is 134 Å². The minimum atomic E-state index is -1.35. The number of hydrogen-bond donors (Lipinski definition) is 9. The maximum absolute atomic E-state index is 14.1. The highest BCUT2D eigenvalue weighted by Crippen LogP contribution is 2.42. The third kappa shape index (κ3) is 57.9. The molecule has 812 valence electrons. The Morgan fingerprint density at radius 3 is 0.868 bits per heavy atom. The van der Waals surface area contributed by atoms with Crippen molar-refractivity contribution in [3.05, 3.63) is 112 Å². The number of nitrogens with zero attached hydrogens (tertiary/aromatic N) is 3. The second-order valence-electron chi connectivity index (χ2n) is 36.3. The Morgan fingerprint density at radius 2 is 0.556 bits per heavy atom. The van der Waals surface area contributed by atoms with E-state index in [1.807, 2.05) is 83.1 Å². The number of phenolic OH excluding ortho intramolecular Hbond substituents is 3. The molecule has 44 heteroatoms. The minimum absolute atomic E-state index is 0.0175. The van der Waals surface area contributed by atoms with Crippen LogP contribution in [-0.4, -0.2) is 385 Å². The van der Waals surface area contributed by atoms with Crippen molar-refractivity contribution < 1.29 is 188 Å². The molecule has 0 spiro atoms. The number of benzene rings is 5. The Bertz CT molecular complexity index is 4190. The number of carbonyl (C=O) groups excluding carboxylic acids is 3. The van der Waals surface area contributed by atoms with Gasteiger partial charge in [-0.2, -0.15) is 0 Å². The molecular weight excluding hydrogens is 1900 g/mol. The standard InChI is InChI=1S/C100H153N5O39/c1-71-14-15-75(60-80(71)107)91(101)95(118)136-48-36-128-34-46-134-93-82(130-42-30-120-22-26-124-38-50-141-97(2,3)4)56-73(57-83(93)131-43-31-121-23-27-125-39-51-142-98(5,6)7)68-138-77-54-72(70-140-90(117)67-105(66-89(115)116)21-19-103(63-86(109)110)18-20-104(64-87(111)112)65-88(113)114)55-78(62-77)139-69-74-58-84(132-44-32-122-24-28-126-40-52-143-99(8,9)10)94(85(59-74)133-45-33-123-25-29-127-41-53-144-100(11,12)13)135-47-35-129-37-49-137-96(119)92(102)76-16-17-79(106)81(108)61-76/h14-17,54-62,91-92,106-108H,18-53,63-70,101-102H2,1-13H3,(H,109,110)(H,111,112)(H,113,114)(H,115,116). The van der Waals surface area contributed by atoms with Gasteiger partial charge in [0.1, 0.15) is 102 Å². The van der Waals surface area contributed by atoms with Crippen molar-refractivity contribution in [3.8, 4) is 63.2 Å². The van der Waals surface area contributed by atoms with Gasteiger partial charge in [0.15, 0.2) is 34.5 Å². The number of esters is 3. The van der Waals surface area contributed by atoms with Gasteiger partial charge in [-0.1, -0.05) is 18.2 Å². The van der Waals surface area contributed by atoms with Crippen LogP contribution in [0.15, 0.2) is 78.9 Å². The van der Waals surface area contributed by atoms with Crippen molar-refractivity contribution in [2.75, 3.05) is 270 Å². The second-order valence-corrected chi connectivity index (χ2v) is 36.3. The Hall–Kier alpha value is -10.6. The van der Waals surface area contributed by atoms with Gasteiger partial charge < -0.3 is 166 Å². The normalized spacial score (nSPS) is 12.3.